The summed E-state index contributed by atoms with van der Waals surface area (Å²) in [6.45, 7) is 0. The second kappa shape index (κ2) is 6.44. The summed E-state index contributed by atoms with van der Waals surface area (Å²) in [5, 5.41) is 19.9. The summed E-state index contributed by atoms with van der Waals surface area (Å²) in [6, 6.07) is 1.92. The molecule has 0 aliphatic rings. The number of rotatable bonds is 2. The third kappa shape index (κ3) is 6.10. The third-order valence-electron chi connectivity index (χ3n) is 0.973. The van der Waals surface area contributed by atoms with Crippen LogP contribution in [0.15, 0.2) is 16.5 Å². The standard InChI is InChI=1S/C5H3NO5.3CH3.Sn/c7-5(8)3-1-2-4(11-3)6(9)10;;;;/h1-2H,(H,7,8);3*1H3;/q;;;;+1/p-1. The van der Waals surface area contributed by atoms with Crippen LogP contribution in [0, 0.1) is 10.1 Å². The van der Waals surface area contributed by atoms with Crippen molar-refractivity contribution in [3.8, 4) is 0 Å². The first-order valence-electron chi connectivity index (χ1n) is 4.07. The average Bonchev–Trinajstić information content (AvgIpc) is 2.49. The predicted octanol–water partition coefficient (Wildman–Crippen LogP) is 0.922. The molecule has 0 atom stereocenters. The van der Waals surface area contributed by atoms with E-state index in [-0.39, 0.29) is 0 Å². The van der Waals surface area contributed by atoms with E-state index in [2.05, 4.69) is 19.2 Å². The summed E-state index contributed by atoms with van der Waals surface area (Å²) in [5.41, 5.74) is 0. The summed E-state index contributed by atoms with van der Waals surface area (Å²) in [5.74, 6) is -2.72. The second-order valence-corrected chi connectivity index (χ2v) is 11.7. The number of carboxylic acids is 1. The molecule has 6 nitrogen and oxygen atoms in total. The maximum absolute atomic E-state index is 10.0. The number of carbonyl (C=O) groups excluding carboxylic acids is 1. The maximum atomic E-state index is 10.0. The van der Waals surface area contributed by atoms with Crippen molar-refractivity contribution in [2.24, 2.45) is 0 Å². The SMILES string of the molecule is O=C([O-])c1ccc([N+](=O)[O-])o1.[CH3][Sn+]([CH3])[CH3]. The number of hydrogen-bond acceptors (Lipinski definition) is 5. The van der Waals surface area contributed by atoms with E-state index < -0.39 is 42.3 Å². The Balaban J connectivity index is 0.000000423. The van der Waals surface area contributed by atoms with Gasteiger partial charge < -0.3 is 14.3 Å². The summed E-state index contributed by atoms with van der Waals surface area (Å²) in [6.07, 6.45) is 0. The Labute approximate surface area is 93.8 Å². The molecular formula is C8H11NO5Sn. The van der Waals surface area contributed by atoms with Crippen molar-refractivity contribution in [2.45, 2.75) is 14.8 Å². The van der Waals surface area contributed by atoms with Gasteiger partial charge in [-0.3, -0.25) is 10.1 Å². The molecule has 0 unspecified atom stereocenters. The van der Waals surface area contributed by atoms with Gasteiger partial charge >= 0.3 is 40.5 Å². The molecular weight excluding hydrogens is 309 g/mol. The molecule has 1 aromatic heterocycles. The van der Waals surface area contributed by atoms with E-state index in [4.69, 9.17) is 0 Å². The summed E-state index contributed by atoms with van der Waals surface area (Å²) >= 11 is -0.543. The van der Waals surface area contributed by atoms with Crippen LogP contribution in [0.3, 0.4) is 0 Å². The van der Waals surface area contributed by atoms with Gasteiger partial charge in [0.2, 0.25) is 0 Å². The van der Waals surface area contributed by atoms with Crippen molar-refractivity contribution in [3.05, 3.63) is 28.0 Å². The molecule has 0 aliphatic carbocycles. The van der Waals surface area contributed by atoms with Crippen LogP contribution in [0.5, 0.6) is 0 Å². The van der Waals surface area contributed by atoms with E-state index in [9.17, 15) is 20.0 Å². The average molecular weight is 320 g/mol. The number of aromatic carboxylic acids is 1. The first-order chi connectivity index (χ1) is 6.84. The van der Waals surface area contributed by atoms with E-state index >= 15 is 0 Å². The molecule has 0 saturated carbocycles. The number of hydrogen-bond donors (Lipinski definition) is 0. The number of nitro groups is 1. The van der Waals surface area contributed by atoms with Gasteiger partial charge in [-0.15, -0.1) is 0 Å². The van der Waals surface area contributed by atoms with Crippen LogP contribution in [0.25, 0.3) is 0 Å². The van der Waals surface area contributed by atoms with Crippen LogP contribution in [0.2, 0.25) is 14.8 Å². The second-order valence-electron chi connectivity index (χ2n) is 3.18. The molecule has 82 valence electrons. The van der Waals surface area contributed by atoms with Gasteiger partial charge in [-0.1, -0.05) is 0 Å². The molecule has 0 saturated heterocycles. The first-order valence-corrected chi connectivity index (χ1v) is 12.6. The molecule has 15 heavy (non-hydrogen) atoms. The van der Waals surface area contributed by atoms with Crippen molar-refractivity contribution < 1.29 is 19.2 Å². The summed E-state index contributed by atoms with van der Waals surface area (Å²) in [7, 11) is 0. The van der Waals surface area contributed by atoms with Crippen LogP contribution in [-0.4, -0.2) is 30.7 Å². The first kappa shape index (κ1) is 13.9. The predicted molar refractivity (Wildman–Crippen MR) is 53.0 cm³/mol. The van der Waals surface area contributed by atoms with Crippen molar-refractivity contribution in [2.75, 3.05) is 0 Å². The van der Waals surface area contributed by atoms with Gasteiger partial charge in [0.05, 0.1) is 6.07 Å². The van der Waals surface area contributed by atoms with Crippen LogP contribution < -0.4 is 5.11 Å². The Morgan fingerprint density at radius 3 is 2.07 bits per heavy atom. The van der Waals surface area contributed by atoms with Gasteiger partial charge in [0.1, 0.15) is 10.9 Å². The van der Waals surface area contributed by atoms with Crippen molar-refractivity contribution >= 4 is 31.6 Å². The van der Waals surface area contributed by atoms with Crippen LogP contribution in [-0.2, 0) is 0 Å². The molecule has 0 bridgehead atoms. The van der Waals surface area contributed by atoms with Crippen molar-refractivity contribution in [1.29, 1.82) is 0 Å². The molecule has 0 aliphatic heterocycles. The summed E-state index contributed by atoms with van der Waals surface area (Å²) < 4.78 is 4.25. The van der Waals surface area contributed by atoms with Crippen molar-refractivity contribution in [1.82, 2.24) is 0 Å². The van der Waals surface area contributed by atoms with Gasteiger partial charge in [-0.25, -0.2) is 0 Å². The van der Waals surface area contributed by atoms with Crippen LogP contribution >= 0.6 is 0 Å². The molecule has 0 radical (unpaired) electrons. The van der Waals surface area contributed by atoms with E-state index in [1.54, 1.807) is 0 Å². The molecule has 0 amide bonds. The normalized spacial score (nSPS) is 8.73. The fraction of sp³-hybridized carbons (Fsp3) is 0.375. The molecule has 1 rings (SSSR count). The van der Waals surface area contributed by atoms with Crippen LogP contribution in [0.1, 0.15) is 10.6 Å². The van der Waals surface area contributed by atoms with E-state index in [0.717, 1.165) is 12.1 Å². The zero-order chi connectivity index (χ0) is 12.0. The summed E-state index contributed by atoms with van der Waals surface area (Å²) in [4.78, 5) is 26.2. The van der Waals surface area contributed by atoms with Gasteiger partial charge in [0, 0.05) is 0 Å². The zero-order valence-corrected chi connectivity index (χ0v) is 11.5. The Kier molecular flexibility index (Phi) is 5.98. The monoisotopic (exact) mass is 321 g/mol. The number of carboxylic acid groups (broad SMARTS) is 1. The van der Waals surface area contributed by atoms with Crippen LogP contribution in [0.4, 0.5) is 5.88 Å². The molecule has 7 heteroatoms. The molecule has 1 heterocycles. The number of nitrogens with zero attached hydrogens (tertiary/aromatic N) is 1. The quantitative estimate of drug-likeness (QED) is 0.459. The molecule has 0 spiro atoms. The van der Waals surface area contributed by atoms with Gasteiger partial charge in [0.15, 0.2) is 5.76 Å². The Hall–Kier alpha value is -1.05. The fourth-order valence-corrected chi connectivity index (χ4v) is 0.536. The van der Waals surface area contributed by atoms with Crippen molar-refractivity contribution in [3.63, 3.8) is 0 Å². The Morgan fingerprint density at radius 2 is 1.87 bits per heavy atom. The molecule has 0 fully saturated rings. The number of carbonyl (C=O) groups is 1. The fourth-order valence-electron chi connectivity index (χ4n) is 0.536. The Morgan fingerprint density at radius 1 is 1.40 bits per heavy atom. The van der Waals surface area contributed by atoms with Gasteiger partial charge in [-0.2, -0.15) is 0 Å². The Bertz CT molecular complexity index is 315. The number of furan rings is 1. The third-order valence-corrected chi connectivity index (χ3v) is 0.973. The zero-order valence-electron chi connectivity index (χ0n) is 8.64. The van der Waals surface area contributed by atoms with E-state index in [1.807, 2.05) is 0 Å². The van der Waals surface area contributed by atoms with Gasteiger partial charge in [0.25, 0.3) is 0 Å². The molecule has 0 N–H and O–H groups in total. The van der Waals surface area contributed by atoms with E-state index in [1.165, 1.54) is 0 Å². The minimum absolute atomic E-state index is 0.543. The molecule has 1 aromatic rings. The minimum atomic E-state index is -1.57. The van der Waals surface area contributed by atoms with Gasteiger partial charge in [-0.05, 0) is 6.07 Å². The topological polar surface area (TPSA) is 96.4 Å². The molecule has 0 aromatic carbocycles. The van der Waals surface area contributed by atoms with E-state index in [0.29, 0.717) is 0 Å².